The molecule has 0 saturated heterocycles. The van der Waals surface area contributed by atoms with Crippen molar-refractivity contribution in [3.05, 3.63) is 12.2 Å². The van der Waals surface area contributed by atoms with Gasteiger partial charge in [-0.1, -0.05) is 0 Å². The Hall–Kier alpha value is -1.48. The SMILES string of the molecule is CCOC(=O)CS(=O)(=O)NC(C)c1ncn[nH]1. The molecule has 0 aliphatic carbocycles. The van der Waals surface area contributed by atoms with E-state index in [1.165, 1.54) is 6.33 Å². The lowest BCUT2D eigenvalue weighted by molar-refractivity contribution is -0.139. The number of nitrogens with one attached hydrogen (secondary N) is 2. The van der Waals surface area contributed by atoms with Gasteiger partial charge < -0.3 is 4.74 Å². The van der Waals surface area contributed by atoms with Crippen molar-refractivity contribution >= 4 is 16.0 Å². The molecule has 0 aliphatic rings. The molecule has 8 nitrogen and oxygen atoms in total. The molecule has 1 atom stereocenters. The van der Waals surface area contributed by atoms with Crippen molar-refractivity contribution in [2.75, 3.05) is 12.4 Å². The number of sulfonamides is 1. The predicted octanol–water partition coefficient (Wildman–Crippen LogP) is -0.652. The van der Waals surface area contributed by atoms with Gasteiger partial charge in [-0.15, -0.1) is 0 Å². The summed E-state index contributed by atoms with van der Waals surface area (Å²) in [4.78, 5) is 14.9. The molecule has 0 amide bonds. The van der Waals surface area contributed by atoms with E-state index in [0.29, 0.717) is 5.82 Å². The monoisotopic (exact) mass is 262 g/mol. The highest BCUT2D eigenvalue weighted by molar-refractivity contribution is 7.90. The first-order valence-electron chi connectivity index (χ1n) is 4.95. The van der Waals surface area contributed by atoms with Crippen LogP contribution in [0.4, 0.5) is 0 Å². The quantitative estimate of drug-likeness (QED) is 0.658. The number of carbonyl (C=O) groups excluding carboxylic acids is 1. The molecule has 0 saturated carbocycles. The van der Waals surface area contributed by atoms with Gasteiger partial charge in [0.05, 0.1) is 12.6 Å². The molecule has 0 fully saturated rings. The molecule has 0 spiro atoms. The van der Waals surface area contributed by atoms with Crippen molar-refractivity contribution in [2.45, 2.75) is 19.9 Å². The van der Waals surface area contributed by atoms with Crippen LogP contribution in [0.1, 0.15) is 25.7 Å². The van der Waals surface area contributed by atoms with Crippen LogP contribution in [0.5, 0.6) is 0 Å². The number of aromatic amines is 1. The van der Waals surface area contributed by atoms with Gasteiger partial charge in [-0.25, -0.2) is 18.1 Å². The molecule has 0 aromatic carbocycles. The Morgan fingerprint density at radius 1 is 1.65 bits per heavy atom. The molecule has 1 aromatic heterocycles. The van der Waals surface area contributed by atoms with Crippen molar-refractivity contribution in [1.82, 2.24) is 19.9 Å². The van der Waals surface area contributed by atoms with Crippen molar-refractivity contribution in [1.29, 1.82) is 0 Å². The molecule has 1 rings (SSSR count). The third-order valence-electron chi connectivity index (χ3n) is 1.81. The third-order valence-corrected chi connectivity index (χ3v) is 3.14. The van der Waals surface area contributed by atoms with Gasteiger partial charge in [0.2, 0.25) is 10.0 Å². The second-order valence-electron chi connectivity index (χ2n) is 3.27. The minimum Gasteiger partial charge on any atom is -0.465 e. The van der Waals surface area contributed by atoms with E-state index in [4.69, 9.17) is 0 Å². The van der Waals surface area contributed by atoms with Gasteiger partial charge in [-0.3, -0.25) is 9.89 Å². The maximum atomic E-state index is 11.5. The Balaban J connectivity index is 2.58. The van der Waals surface area contributed by atoms with Crippen molar-refractivity contribution in [3.63, 3.8) is 0 Å². The zero-order valence-electron chi connectivity index (χ0n) is 9.50. The summed E-state index contributed by atoms with van der Waals surface area (Å²) in [5, 5.41) is 6.13. The molecule has 0 aliphatic heterocycles. The minimum absolute atomic E-state index is 0.145. The summed E-state index contributed by atoms with van der Waals surface area (Å²) in [5.41, 5.74) is 0. The van der Waals surface area contributed by atoms with E-state index in [-0.39, 0.29) is 6.61 Å². The van der Waals surface area contributed by atoms with Crippen LogP contribution in [-0.4, -0.2) is 41.9 Å². The smallest absolute Gasteiger partial charge is 0.322 e. The van der Waals surface area contributed by atoms with Gasteiger partial charge in [-0.05, 0) is 13.8 Å². The van der Waals surface area contributed by atoms with E-state index in [2.05, 4.69) is 24.6 Å². The first kappa shape index (κ1) is 13.6. The second-order valence-corrected chi connectivity index (χ2v) is 5.03. The molecular formula is C8H14N4O4S. The number of ether oxygens (including phenoxy) is 1. The van der Waals surface area contributed by atoms with Crippen molar-refractivity contribution in [2.24, 2.45) is 0 Å². The number of rotatable bonds is 6. The van der Waals surface area contributed by atoms with Gasteiger partial charge in [0.15, 0.2) is 5.75 Å². The van der Waals surface area contributed by atoms with Gasteiger partial charge >= 0.3 is 5.97 Å². The van der Waals surface area contributed by atoms with Crippen LogP contribution in [0.3, 0.4) is 0 Å². The lowest BCUT2D eigenvalue weighted by Crippen LogP contribution is -2.33. The Morgan fingerprint density at radius 3 is 2.88 bits per heavy atom. The maximum Gasteiger partial charge on any atom is 0.322 e. The minimum atomic E-state index is -3.74. The van der Waals surface area contributed by atoms with E-state index in [0.717, 1.165) is 0 Å². The van der Waals surface area contributed by atoms with Crippen LogP contribution in [0.15, 0.2) is 6.33 Å². The molecule has 1 unspecified atom stereocenters. The van der Waals surface area contributed by atoms with E-state index in [1.54, 1.807) is 13.8 Å². The fourth-order valence-electron chi connectivity index (χ4n) is 1.15. The fraction of sp³-hybridized carbons (Fsp3) is 0.625. The van der Waals surface area contributed by atoms with Gasteiger partial charge in [0.25, 0.3) is 0 Å². The molecule has 9 heteroatoms. The Morgan fingerprint density at radius 2 is 2.35 bits per heavy atom. The predicted molar refractivity (Wildman–Crippen MR) is 58.4 cm³/mol. The first-order valence-corrected chi connectivity index (χ1v) is 6.60. The molecule has 17 heavy (non-hydrogen) atoms. The van der Waals surface area contributed by atoms with Crippen LogP contribution in [0.25, 0.3) is 0 Å². The number of aromatic nitrogens is 3. The first-order chi connectivity index (χ1) is 7.94. The highest BCUT2D eigenvalue weighted by Crippen LogP contribution is 2.06. The summed E-state index contributed by atoms with van der Waals surface area (Å²) in [5.74, 6) is -1.12. The summed E-state index contributed by atoms with van der Waals surface area (Å²) in [6, 6.07) is -0.586. The largest absolute Gasteiger partial charge is 0.465 e. The number of H-pyrrole nitrogens is 1. The number of nitrogens with zero attached hydrogens (tertiary/aromatic N) is 2. The summed E-state index contributed by atoms with van der Waals surface area (Å²) in [6.07, 6.45) is 1.27. The molecule has 1 heterocycles. The lowest BCUT2D eigenvalue weighted by Gasteiger charge is -2.10. The molecule has 0 bridgehead atoms. The van der Waals surface area contributed by atoms with Crippen LogP contribution in [0, 0.1) is 0 Å². The standard InChI is InChI=1S/C8H14N4O4S/c1-3-16-7(13)4-17(14,15)12-6(2)8-9-5-10-11-8/h5-6,12H,3-4H2,1-2H3,(H,9,10,11). The van der Waals surface area contributed by atoms with E-state index >= 15 is 0 Å². The zero-order chi connectivity index (χ0) is 12.9. The highest BCUT2D eigenvalue weighted by atomic mass is 32.2. The van der Waals surface area contributed by atoms with Crippen LogP contribution in [0.2, 0.25) is 0 Å². The second kappa shape index (κ2) is 5.73. The average Bonchev–Trinajstić information content (AvgIpc) is 2.68. The molecule has 1 aromatic rings. The number of hydrogen-bond donors (Lipinski definition) is 2. The van der Waals surface area contributed by atoms with Gasteiger partial charge in [-0.2, -0.15) is 5.10 Å². The Bertz CT molecular complexity index is 456. The third kappa shape index (κ3) is 4.49. The normalized spacial score (nSPS) is 13.3. The summed E-state index contributed by atoms with van der Waals surface area (Å²) in [6.45, 7) is 3.34. The molecule has 96 valence electrons. The molecular weight excluding hydrogens is 248 g/mol. The lowest BCUT2D eigenvalue weighted by atomic mass is 10.3. The topological polar surface area (TPSA) is 114 Å². The maximum absolute atomic E-state index is 11.5. The van der Waals surface area contributed by atoms with E-state index < -0.39 is 27.8 Å². The molecule has 2 N–H and O–H groups in total. The van der Waals surface area contributed by atoms with Crippen molar-refractivity contribution < 1.29 is 17.9 Å². The van der Waals surface area contributed by atoms with Crippen LogP contribution in [-0.2, 0) is 19.6 Å². The Labute approximate surface area is 98.8 Å². The van der Waals surface area contributed by atoms with Crippen LogP contribution >= 0.6 is 0 Å². The Kier molecular flexibility index (Phi) is 4.58. The number of esters is 1. The summed E-state index contributed by atoms with van der Waals surface area (Å²) >= 11 is 0. The van der Waals surface area contributed by atoms with Gasteiger partial charge in [0, 0.05) is 0 Å². The highest BCUT2D eigenvalue weighted by Gasteiger charge is 2.21. The van der Waals surface area contributed by atoms with Crippen molar-refractivity contribution in [3.8, 4) is 0 Å². The fourth-order valence-corrected chi connectivity index (χ4v) is 2.28. The average molecular weight is 262 g/mol. The number of carbonyl (C=O) groups is 1. The zero-order valence-corrected chi connectivity index (χ0v) is 10.3. The van der Waals surface area contributed by atoms with E-state index in [1.807, 2.05) is 0 Å². The van der Waals surface area contributed by atoms with Gasteiger partial charge in [0.1, 0.15) is 12.2 Å². The summed E-state index contributed by atoms with van der Waals surface area (Å²) in [7, 11) is -3.74. The van der Waals surface area contributed by atoms with E-state index in [9.17, 15) is 13.2 Å². The molecule has 0 radical (unpaired) electrons. The van der Waals surface area contributed by atoms with Crippen LogP contribution < -0.4 is 4.72 Å². The number of hydrogen-bond acceptors (Lipinski definition) is 6. The summed E-state index contributed by atoms with van der Waals surface area (Å²) < 4.78 is 29.9.